The maximum absolute atomic E-state index is 11.4. The fraction of sp³-hybridized carbons (Fsp3) is 0.778. The minimum absolute atomic E-state index is 0.0231. The third-order valence-electron chi connectivity index (χ3n) is 2.14. The predicted octanol–water partition coefficient (Wildman–Crippen LogP) is 0.688. The number of rotatable bonds is 2. The zero-order valence-corrected chi connectivity index (χ0v) is 7.96. The van der Waals surface area contributed by atoms with Gasteiger partial charge in [0, 0.05) is 6.42 Å². The number of carbonyl (C=O) groups is 2. The molecule has 0 aromatic rings. The number of ketones is 1. The van der Waals surface area contributed by atoms with Crippen LogP contribution in [-0.2, 0) is 19.1 Å². The quantitative estimate of drug-likeness (QED) is 0.595. The summed E-state index contributed by atoms with van der Waals surface area (Å²) in [5.74, 6) is -0.329. The molecule has 0 amide bonds. The molecule has 4 heteroatoms. The van der Waals surface area contributed by atoms with Gasteiger partial charge in [-0.05, 0) is 20.3 Å². The van der Waals surface area contributed by atoms with Crippen LogP contribution >= 0.6 is 0 Å². The van der Waals surface area contributed by atoms with Gasteiger partial charge in [-0.2, -0.15) is 0 Å². The second-order valence-electron chi connectivity index (χ2n) is 3.28. The minimum atomic E-state index is -0.913. The van der Waals surface area contributed by atoms with E-state index >= 15 is 0 Å². The van der Waals surface area contributed by atoms with E-state index in [1.807, 2.05) is 0 Å². The summed E-state index contributed by atoms with van der Waals surface area (Å²) < 4.78 is 10.0. The maximum Gasteiger partial charge on any atom is 0.338 e. The lowest BCUT2D eigenvalue weighted by Gasteiger charge is -2.30. The summed E-state index contributed by atoms with van der Waals surface area (Å²) in [6.45, 7) is 3.77. The van der Waals surface area contributed by atoms with Crippen molar-refractivity contribution in [1.29, 1.82) is 0 Å². The molecule has 1 aliphatic rings. The van der Waals surface area contributed by atoms with Gasteiger partial charge in [-0.3, -0.25) is 4.79 Å². The fourth-order valence-electron chi connectivity index (χ4n) is 1.21. The first kappa shape index (κ1) is 10.2. The van der Waals surface area contributed by atoms with Crippen LogP contribution in [0.4, 0.5) is 0 Å². The highest BCUT2D eigenvalue weighted by Gasteiger charge is 2.39. The van der Waals surface area contributed by atoms with Crippen molar-refractivity contribution in [1.82, 2.24) is 0 Å². The van der Waals surface area contributed by atoms with E-state index in [0.717, 1.165) is 0 Å². The standard InChI is InChI=1S/C9H14O4/c1-3-12-8(11)9(2)5-4-7(10)6-13-9/h3-6H2,1-2H3. The van der Waals surface area contributed by atoms with Crippen molar-refractivity contribution >= 4 is 11.8 Å². The first-order valence-electron chi connectivity index (χ1n) is 4.41. The SMILES string of the molecule is CCOC(=O)C1(C)CCC(=O)CO1. The first-order chi connectivity index (χ1) is 6.08. The fourth-order valence-corrected chi connectivity index (χ4v) is 1.21. The number of esters is 1. The lowest BCUT2D eigenvalue weighted by atomic mass is 9.96. The molecule has 13 heavy (non-hydrogen) atoms. The van der Waals surface area contributed by atoms with E-state index in [1.165, 1.54) is 0 Å². The molecule has 1 rings (SSSR count). The van der Waals surface area contributed by atoms with E-state index in [9.17, 15) is 9.59 Å². The van der Waals surface area contributed by atoms with E-state index in [4.69, 9.17) is 9.47 Å². The third-order valence-corrected chi connectivity index (χ3v) is 2.14. The van der Waals surface area contributed by atoms with Gasteiger partial charge in [-0.15, -0.1) is 0 Å². The molecule has 0 N–H and O–H groups in total. The van der Waals surface area contributed by atoms with Gasteiger partial charge in [0.15, 0.2) is 11.4 Å². The zero-order chi connectivity index (χ0) is 9.90. The monoisotopic (exact) mass is 186 g/mol. The molecular formula is C9H14O4. The van der Waals surface area contributed by atoms with E-state index < -0.39 is 5.60 Å². The topological polar surface area (TPSA) is 52.6 Å². The predicted molar refractivity (Wildman–Crippen MR) is 45.2 cm³/mol. The Balaban J connectivity index is 2.56. The normalized spacial score (nSPS) is 28.6. The highest BCUT2D eigenvalue weighted by molar-refractivity contribution is 5.85. The zero-order valence-electron chi connectivity index (χ0n) is 7.96. The summed E-state index contributed by atoms with van der Waals surface area (Å²) in [4.78, 5) is 22.2. The molecule has 0 radical (unpaired) electrons. The Bertz CT molecular complexity index is 212. The summed E-state index contributed by atoms with van der Waals surface area (Å²) in [6.07, 6.45) is 0.819. The Morgan fingerprint density at radius 2 is 2.38 bits per heavy atom. The number of hydrogen-bond acceptors (Lipinski definition) is 4. The van der Waals surface area contributed by atoms with Crippen molar-refractivity contribution in [3.63, 3.8) is 0 Å². The smallest absolute Gasteiger partial charge is 0.338 e. The Labute approximate surface area is 77.2 Å². The van der Waals surface area contributed by atoms with Crippen LogP contribution in [0, 0.1) is 0 Å². The molecule has 1 atom stereocenters. The second kappa shape index (κ2) is 3.87. The Kier molecular flexibility index (Phi) is 3.03. The molecule has 0 aliphatic carbocycles. The molecule has 0 bridgehead atoms. The number of ether oxygens (including phenoxy) is 2. The van der Waals surface area contributed by atoms with Crippen LogP contribution < -0.4 is 0 Å². The first-order valence-corrected chi connectivity index (χ1v) is 4.41. The van der Waals surface area contributed by atoms with Gasteiger partial charge in [-0.25, -0.2) is 4.79 Å². The van der Waals surface area contributed by atoms with Crippen molar-refractivity contribution in [2.45, 2.75) is 32.3 Å². The van der Waals surface area contributed by atoms with Crippen molar-refractivity contribution in [3.05, 3.63) is 0 Å². The van der Waals surface area contributed by atoms with E-state index in [2.05, 4.69) is 0 Å². The van der Waals surface area contributed by atoms with Crippen LogP contribution in [0.1, 0.15) is 26.7 Å². The van der Waals surface area contributed by atoms with Crippen LogP contribution in [0.15, 0.2) is 0 Å². The van der Waals surface area contributed by atoms with Gasteiger partial charge in [0.2, 0.25) is 0 Å². The van der Waals surface area contributed by atoms with Crippen molar-refractivity contribution in [3.8, 4) is 0 Å². The van der Waals surface area contributed by atoms with Gasteiger partial charge >= 0.3 is 5.97 Å². The van der Waals surface area contributed by atoms with Crippen LogP contribution in [0.25, 0.3) is 0 Å². The molecule has 74 valence electrons. The van der Waals surface area contributed by atoms with Gasteiger partial charge < -0.3 is 9.47 Å². The summed E-state index contributed by atoms with van der Waals surface area (Å²) in [7, 11) is 0. The van der Waals surface area contributed by atoms with Crippen LogP contribution in [0.5, 0.6) is 0 Å². The molecule has 1 heterocycles. The molecule has 0 aromatic carbocycles. The van der Waals surface area contributed by atoms with Crippen LogP contribution in [0.3, 0.4) is 0 Å². The Morgan fingerprint density at radius 3 is 2.85 bits per heavy atom. The average Bonchev–Trinajstić information content (AvgIpc) is 2.11. The van der Waals surface area contributed by atoms with Gasteiger partial charge in [-0.1, -0.05) is 0 Å². The highest BCUT2D eigenvalue weighted by Crippen LogP contribution is 2.24. The van der Waals surface area contributed by atoms with Gasteiger partial charge in [0.05, 0.1) is 6.61 Å². The summed E-state index contributed by atoms with van der Waals surface area (Å²) in [5, 5.41) is 0. The number of hydrogen-bond donors (Lipinski definition) is 0. The summed E-state index contributed by atoms with van der Waals surface area (Å²) >= 11 is 0. The van der Waals surface area contributed by atoms with Gasteiger partial charge in [0.25, 0.3) is 0 Å². The molecule has 1 saturated heterocycles. The molecule has 4 nitrogen and oxygen atoms in total. The Morgan fingerprint density at radius 1 is 1.69 bits per heavy atom. The molecule has 1 aliphatic heterocycles. The second-order valence-corrected chi connectivity index (χ2v) is 3.28. The molecule has 0 spiro atoms. The highest BCUT2D eigenvalue weighted by atomic mass is 16.6. The van der Waals surface area contributed by atoms with Gasteiger partial charge in [0.1, 0.15) is 6.61 Å². The van der Waals surface area contributed by atoms with Crippen molar-refractivity contribution in [2.75, 3.05) is 13.2 Å². The lowest BCUT2D eigenvalue weighted by molar-refractivity contribution is -0.176. The van der Waals surface area contributed by atoms with E-state index in [1.54, 1.807) is 13.8 Å². The van der Waals surface area contributed by atoms with Crippen LogP contribution in [-0.4, -0.2) is 30.6 Å². The third kappa shape index (κ3) is 2.28. The van der Waals surface area contributed by atoms with Crippen molar-refractivity contribution < 1.29 is 19.1 Å². The lowest BCUT2D eigenvalue weighted by Crippen LogP contribution is -2.45. The average molecular weight is 186 g/mol. The summed E-state index contributed by atoms with van der Waals surface area (Å²) in [5.41, 5.74) is -0.913. The van der Waals surface area contributed by atoms with Crippen LogP contribution in [0.2, 0.25) is 0 Å². The molecule has 1 fully saturated rings. The minimum Gasteiger partial charge on any atom is -0.464 e. The largest absolute Gasteiger partial charge is 0.464 e. The molecule has 1 unspecified atom stereocenters. The Hall–Kier alpha value is -0.900. The molecule has 0 saturated carbocycles. The van der Waals surface area contributed by atoms with Crippen molar-refractivity contribution in [2.24, 2.45) is 0 Å². The summed E-state index contributed by atoms with van der Waals surface area (Å²) in [6, 6.07) is 0. The maximum atomic E-state index is 11.4. The van der Waals surface area contributed by atoms with E-state index in [-0.39, 0.29) is 18.4 Å². The molecular weight excluding hydrogens is 172 g/mol. The molecule has 0 aromatic heterocycles. The van der Waals surface area contributed by atoms with E-state index in [0.29, 0.717) is 19.4 Å². The number of carbonyl (C=O) groups excluding carboxylic acids is 2. The number of Topliss-reactive ketones (excluding diaryl/α,β-unsaturated/α-hetero) is 1.